The van der Waals surface area contributed by atoms with Gasteiger partial charge in [-0.1, -0.05) is 6.08 Å². The molecular formula is C17H22N4O4. The molecule has 0 saturated carbocycles. The first-order chi connectivity index (χ1) is 12.1. The zero-order valence-electron chi connectivity index (χ0n) is 14.2. The summed E-state index contributed by atoms with van der Waals surface area (Å²) in [4.78, 5) is 43.4. The van der Waals surface area contributed by atoms with Crippen LogP contribution in [0.15, 0.2) is 31.0 Å². The fourth-order valence-electron chi connectivity index (χ4n) is 2.43. The molecule has 1 N–H and O–H groups in total. The number of ether oxygens (including phenoxy) is 1. The van der Waals surface area contributed by atoms with Crippen molar-refractivity contribution in [2.24, 2.45) is 0 Å². The third kappa shape index (κ3) is 4.79. The standard InChI is InChI=1S/C17H22N4O4/c1-3-6-19-15(22)14-12-13(5-7-18-14)16(23)20-8-10-21(11-9-20)17(24)25-4-2/h3,5,7,12H,1,4,6,8-11H2,2H3,(H,19,22). The number of rotatable bonds is 5. The highest BCUT2D eigenvalue weighted by atomic mass is 16.6. The minimum atomic E-state index is -0.361. The van der Waals surface area contributed by atoms with Gasteiger partial charge < -0.3 is 19.9 Å². The summed E-state index contributed by atoms with van der Waals surface area (Å²) in [6.45, 7) is 7.60. The lowest BCUT2D eigenvalue weighted by Crippen LogP contribution is -2.50. The molecule has 1 aromatic rings. The smallest absolute Gasteiger partial charge is 0.409 e. The molecule has 0 aliphatic carbocycles. The number of hydrogen-bond acceptors (Lipinski definition) is 5. The van der Waals surface area contributed by atoms with E-state index in [0.717, 1.165) is 0 Å². The number of aromatic nitrogens is 1. The summed E-state index contributed by atoms with van der Waals surface area (Å²) in [6, 6.07) is 3.04. The number of piperazine rings is 1. The number of nitrogens with zero attached hydrogens (tertiary/aromatic N) is 3. The normalized spacial score (nSPS) is 14.0. The van der Waals surface area contributed by atoms with Crippen LogP contribution in [0.3, 0.4) is 0 Å². The van der Waals surface area contributed by atoms with E-state index in [4.69, 9.17) is 4.74 Å². The molecule has 134 valence electrons. The lowest BCUT2D eigenvalue weighted by molar-refractivity contribution is 0.0570. The van der Waals surface area contributed by atoms with Gasteiger partial charge in [0.15, 0.2) is 0 Å². The first kappa shape index (κ1) is 18.4. The lowest BCUT2D eigenvalue weighted by atomic mass is 10.1. The molecule has 0 bridgehead atoms. The van der Waals surface area contributed by atoms with E-state index in [0.29, 0.717) is 44.9 Å². The number of amides is 3. The number of nitrogens with one attached hydrogen (secondary N) is 1. The monoisotopic (exact) mass is 346 g/mol. The highest BCUT2D eigenvalue weighted by Gasteiger charge is 2.25. The molecule has 1 aromatic heterocycles. The average molecular weight is 346 g/mol. The molecule has 25 heavy (non-hydrogen) atoms. The topological polar surface area (TPSA) is 91.8 Å². The largest absolute Gasteiger partial charge is 0.450 e. The molecule has 0 aromatic carbocycles. The van der Waals surface area contributed by atoms with Crippen LogP contribution in [0.25, 0.3) is 0 Å². The Morgan fingerprint density at radius 1 is 1.28 bits per heavy atom. The van der Waals surface area contributed by atoms with Gasteiger partial charge in [0, 0.05) is 44.5 Å². The van der Waals surface area contributed by atoms with Gasteiger partial charge >= 0.3 is 6.09 Å². The molecule has 1 aliphatic heterocycles. The predicted molar refractivity (Wildman–Crippen MR) is 91.3 cm³/mol. The molecule has 0 unspecified atom stereocenters. The van der Waals surface area contributed by atoms with E-state index in [1.807, 2.05) is 0 Å². The van der Waals surface area contributed by atoms with Crippen molar-refractivity contribution in [3.8, 4) is 0 Å². The summed E-state index contributed by atoms with van der Waals surface area (Å²) in [5, 5.41) is 2.62. The molecule has 2 rings (SSSR count). The van der Waals surface area contributed by atoms with Gasteiger partial charge in [-0.05, 0) is 19.1 Å². The number of hydrogen-bond donors (Lipinski definition) is 1. The highest BCUT2D eigenvalue weighted by molar-refractivity contribution is 5.98. The summed E-state index contributed by atoms with van der Waals surface area (Å²) < 4.78 is 4.96. The molecule has 3 amide bonds. The van der Waals surface area contributed by atoms with Crippen LogP contribution in [0, 0.1) is 0 Å². The van der Waals surface area contributed by atoms with Crippen LogP contribution in [0.5, 0.6) is 0 Å². The molecule has 8 nitrogen and oxygen atoms in total. The van der Waals surface area contributed by atoms with E-state index in [1.54, 1.807) is 28.9 Å². The Balaban J connectivity index is 1.98. The molecule has 0 spiro atoms. The Labute approximate surface area is 146 Å². The fraction of sp³-hybridized carbons (Fsp3) is 0.412. The van der Waals surface area contributed by atoms with Crippen LogP contribution in [-0.4, -0.2) is 72.0 Å². The predicted octanol–water partition coefficient (Wildman–Crippen LogP) is 0.912. The van der Waals surface area contributed by atoms with E-state index in [1.165, 1.54) is 12.3 Å². The summed E-state index contributed by atoms with van der Waals surface area (Å²) in [7, 11) is 0. The molecular weight excluding hydrogens is 324 g/mol. The van der Waals surface area contributed by atoms with Gasteiger partial charge in [-0.15, -0.1) is 6.58 Å². The van der Waals surface area contributed by atoms with Gasteiger partial charge in [-0.25, -0.2) is 4.79 Å². The number of pyridine rings is 1. The van der Waals surface area contributed by atoms with Crippen molar-refractivity contribution in [1.82, 2.24) is 20.1 Å². The van der Waals surface area contributed by atoms with Crippen molar-refractivity contribution in [3.63, 3.8) is 0 Å². The SMILES string of the molecule is C=CCNC(=O)c1cc(C(=O)N2CCN(C(=O)OCC)CC2)ccn1. The Morgan fingerprint density at radius 3 is 2.60 bits per heavy atom. The van der Waals surface area contributed by atoms with Crippen LogP contribution in [0.2, 0.25) is 0 Å². The van der Waals surface area contributed by atoms with Crippen molar-refractivity contribution in [1.29, 1.82) is 0 Å². The van der Waals surface area contributed by atoms with Crippen molar-refractivity contribution in [3.05, 3.63) is 42.2 Å². The van der Waals surface area contributed by atoms with Crippen molar-refractivity contribution < 1.29 is 19.1 Å². The van der Waals surface area contributed by atoms with Crippen molar-refractivity contribution in [2.45, 2.75) is 6.92 Å². The van der Waals surface area contributed by atoms with Gasteiger partial charge in [0.2, 0.25) is 0 Å². The second kappa shape index (κ2) is 8.81. The number of carbonyl (C=O) groups is 3. The van der Waals surface area contributed by atoms with E-state index >= 15 is 0 Å². The van der Waals surface area contributed by atoms with Crippen LogP contribution < -0.4 is 5.32 Å². The maximum Gasteiger partial charge on any atom is 0.409 e. The Kier molecular flexibility index (Phi) is 6.50. The third-order valence-corrected chi connectivity index (χ3v) is 3.74. The molecule has 1 saturated heterocycles. The van der Waals surface area contributed by atoms with Crippen LogP contribution in [0.1, 0.15) is 27.8 Å². The van der Waals surface area contributed by atoms with E-state index < -0.39 is 0 Å². The molecule has 0 atom stereocenters. The first-order valence-corrected chi connectivity index (χ1v) is 8.13. The fourth-order valence-corrected chi connectivity index (χ4v) is 2.43. The third-order valence-electron chi connectivity index (χ3n) is 3.74. The van der Waals surface area contributed by atoms with Crippen LogP contribution in [-0.2, 0) is 4.74 Å². The summed E-state index contributed by atoms with van der Waals surface area (Å²) in [5.74, 6) is -0.551. The minimum absolute atomic E-state index is 0.179. The maximum absolute atomic E-state index is 12.6. The van der Waals surface area contributed by atoms with Gasteiger partial charge in [0.25, 0.3) is 11.8 Å². The van der Waals surface area contributed by atoms with Crippen LogP contribution in [0.4, 0.5) is 4.79 Å². The minimum Gasteiger partial charge on any atom is -0.450 e. The average Bonchev–Trinajstić information content (AvgIpc) is 2.66. The lowest BCUT2D eigenvalue weighted by Gasteiger charge is -2.34. The zero-order valence-corrected chi connectivity index (χ0v) is 14.2. The summed E-state index contributed by atoms with van der Waals surface area (Å²) in [6.07, 6.45) is 2.64. The Hall–Kier alpha value is -2.90. The first-order valence-electron chi connectivity index (χ1n) is 8.13. The van der Waals surface area contributed by atoms with E-state index in [-0.39, 0.29) is 23.6 Å². The second-order valence-corrected chi connectivity index (χ2v) is 5.41. The molecule has 0 radical (unpaired) electrons. The maximum atomic E-state index is 12.6. The molecule has 1 aliphatic rings. The van der Waals surface area contributed by atoms with Gasteiger partial charge in [-0.3, -0.25) is 14.6 Å². The van der Waals surface area contributed by atoms with Gasteiger partial charge in [0.05, 0.1) is 6.61 Å². The summed E-state index contributed by atoms with van der Waals surface area (Å²) in [5.41, 5.74) is 0.571. The van der Waals surface area contributed by atoms with Gasteiger partial charge in [0.1, 0.15) is 5.69 Å². The van der Waals surface area contributed by atoms with Crippen LogP contribution >= 0.6 is 0 Å². The van der Waals surface area contributed by atoms with E-state index in [9.17, 15) is 14.4 Å². The van der Waals surface area contributed by atoms with Crippen molar-refractivity contribution in [2.75, 3.05) is 39.3 Å². The second-order valence-electron chi connectivity index (χ2n) is 5.41. The number of carbonyl (C=O) groups excluding carboxylic acids is 3. The summed E-state index contributed by atoms with van der Waals surface area (Å²) >= 11 is 0. The Morgan fingerprint density at radius 2 is 1.96 bits per heavy atom. The Bertz CT molecular complexity index is 654. The quantitative estimate of drug-likeness (QED) is 0.800. The van der Waals surface area contributed by atoms with Gasteiger partial charge in [-0.2, -0.15) is 0 Å². The molecule has 2 heterocycles. The van der Waals surface area contributed by atoms with E-state index in [2.05, 4.69) is 16.9 Å². The molecule has 1 fully saturated rings. The van der Waals surface area contributed by atoms with Crippen molar-refractivity contribution >= 4 is 17.9 Å². The zero-order chi connectivity index (χ0) is 18.2. The highest BCUT2D eigenvalue weighted by Crippen LogP contribution is 2.10. The molecule has 8 heteroatoms.